The molecule has 1 aliphatic heterocycles. The Morgan fingerprint density at radius 1 is 1.13 bits per heavy atom. The average Bonchev–Trinajstić information content (AvgIpc) is 3.04. The summed E-state index contributed by atoms with van der Waals surface area (Å²) in [7, 11) is 7.13. The van der Waals surface area contributed by atoms with Crippen molar-refractivity contribution >= 4 is 17.8 Å². The number of hydrogen-bond donors (Lipinski definition) is 1. The highest BCUT2D eigenvalue weighted by Gasteiger charge is 2.46. The molecule has 30 heavy (non-hydrogen) atoms. The number of carbonyl (C=O) groups excluding carboxylic acids is 3. The fourth-order valence-electron chi connectivity index (χ4n) is 3.89. The number of unbranched alkanes of at least 4 members (excludes halogenated alkanes) is 1. The van der Waals surface area contributed by atoms with E-state index < -0.39 is 23.9 Å². The molecule has 0 bridgehead atoms. The summed E-state index contributed by atoms with van der Waals surface area (Å²) in [6.07, 6.45) is 6.73. The molecule has 1 unspecified atom stereocenters. The molecule has 0 spiro atoms. The SMILES string of the molecule is CCCCN1C(=O)/C(=C2C(=C/NC)/CCC/2=C\N(C)C)C(=O)N(C(C)COC)C1=O. The zero-order valence-corrected chi connectivity index (χ0v) is 18.9. The van der Waals surface area contributed by atoms with Crippen molar-refractivity contribution in [1.82, 2.24) is 20.0 Å². The average molecular weight is 419 g/mol. The van der Waals surface area contributed by atoms with Crippen LogP contribution >= 0.6 is 0 Å². The number of nitrogens with zero attached hydrogens (tertiary/aromatic N) is 3. The van der Waals surface area contributed by atoms with Crippen LogP contribution in [0.1, 0.15) is 39.5 Å². The molecule has 2 fully saturated rings. The molecule has 1 aliphatic carbocycles. The van der Waals surface area contributed by atoms with E-state index in [2.05, 4.69) is 5.32 Å². The zero-order valence-electron chi connectivity index (χ0n) is 18.9. The van der Waals surface area contributed by atoms with E-state index in [1.807, 2.05) is 38.3 Å². The van der Waals surface area contributed by atoms with Gasteiger partial charge in [0.05, 0.1) is 12.6 Å². The molecule has 1 atom stereocenters. The third kappa shape index (κ3) is 4.75. The van der Waals surface area contributed by atoms with Crippen LogP contribution in [0.2, 0.25) is 0 Å². The number of methoxy groups -OCH3 is 1. The lowest BCUT2D eigenvalue weighted by atomic mass is 9.95. The predicted molar refractivity (Wildman–Crippen MR) is 115 cm³/mol. The van der Waals surface area contributed by atoms with E-state index in [0.29, 0.717) is 12.0 Å². The van der Waals surface area contributed by atoms with Gasteiger partial charge in [-0.1, -0.05) is 13.3 Å². The highest BCUT2D eigenvalue weighted by molar-refractivity contribution is 6.30. The van der Waals surface area contributed by atoms with Crippen LogP contribution in [-0.2, 0) is 14.3 Å². The van der Waals surface area contributed by atoms with E-state index >= 15 is 0 Å². The zero-order chi connectivity index (χ0) is 22.4. The second-order valence-corrected chi connectivity index (χ2v) is 7.90. The second kappa shape index (κ2) is 10.4. The van der Waals surface area contributed by atoms with E-state index in [4.69, 9.17) is 4.74 Å². The number of barbiturate groups is 1. The number of hydrogen-bond acceptors (Lipinski definition) is 6. The molecule has 2 aliphatic rings. The first-order valence-electron chi connectivity index (χ1n) is 10.4. The second-order valence-electron chi connectivity index (χ2n) is 7.90. The van der Waals surface area contributed by atoms with Gasteiger partial charge in [-0.3, -0.25) is 19.4 Å². The summed E-state index contributed by atoms with van der Waals surface area (Å²) >= 11 is 0. The number of ether oxygens (including phenoxy) is 1. The summed E-state index contributed by atoms with van der Waals surface area (Å²) < 4.78 is 5.19. The number of imide groups is 2. The van der Waals surface area contributed by atoms with E-state index in [-0.39, 0.29) is 18.7 Å². The molecule has 0 radical (unpaired) electrons. The molecular weight excluding hydrogens is 384 g/mol. The van der Waals surface area contributed by atoms with Gasteiger partial charge in [0.25, 0.3) is 11.8 Å². The molecule has 1 saturated carbocycles. The summed E-state index contributed by atoms with van der Waals surface area (Å²) in [4.78, 5) is 44.3. The number of amides is 4. The highest BCUT2D eigenvalue weighted by Crippen LogP contribution is 2.40. The quantitative estimate of drug-likeness (QED) is 0.481. The third-order valence-corrected chi connectivity index (χ3v) is 5.20. The van der Waals surface area contributed by atoms with Gasteiger partial charge in [0.1, 0.15) is 5.57 Å². The molecular formula is C22H34N4O4. The fourth-order valence-corrected chi connectivity index (χ4v) is 3.89. The highest BCUT2D eigenvalue weighted by atomic mass is 16.5. The molecule has 1 saturated heterocycles. The van der Waals surface area contributed by atoms with Gasteiger partial charge in [-0.05, 0) is 37.3 Å². The molecule has 1 N–H and O–H groups in total. The molecule has 2 rings (SSSR count). The first kappa shape index (κ1) is 23.7. The summed E-state index contributed by atoms with van der Waals surface area (Å²) in [5, 5.41) is 3.02. The van der Waals surface area contributed by atoms with Crippen LogP contribution in [-0.4, -0.2) is 80.0 Å². The predicted octanol–water partition coefficient (Wildman–Crippen LogP) is 2.25. The van der Waals surface area contributed by atoms with Crippen molar-refractivity contribution in [3.63, 3.8) is 0 Å². The van der Waals surface area contributed by atoms with Crippen LogP contribution in [0.15, 0.2) is 34.7 Å². The molecule has 0 aromatic heterocycles. The lowest BCUT2D eigenvalue weighted by Crippen LogP contribution is -2.60. The maximum Gasteiger partial charge on any atom is 0.334 e. The number of nitrogens with one attached hydrogen (secondary N) is 1. The Hall–Kier alpha value is -2.61. The number of carbonyl (C=O) groups is 3. The van der Waals surface area contributed by atoms with Crippen LogP contribution in [0.4, 0.5) is 4.79 Å². The molecule has 0 aromatic carbocycles. The minimum atomic E-state index is -0.567. The smallest absolute Gasteiger partial charge is 0.334 e. The summed E-state index contributed by atoms with van der Waals surface area (Å²) in [5.74, 6) is -1.06. The van der Waals surface area contributed by atoms with E-state index in [1.54, 1.807) is 14.0 Å². The van der Waals surface area contributed by atoms with E-state index in [1.165, 1.54) is 16.9 Å². The number of urea groups is 1. The Morgan fingerprint density at radius 2 is 1.80 bits per heavy atom. The molecule has 4 amide bonds. The van der Waals surface area contributed by atoms with Gasteiger partial charge in [0, 0.05) is 52.8 Å². The third-order valence-electron chi connectivity index (χ3n) is 5.20. The Balaban J connectivity index is 2.70. The standard InChI is InChI=1S/C22H34N4O4/c1-7-8-11-25-20(27)19(21(28)26(22(25)29)15(2)14-30-6)18-16(12-23-3)9-10-17(18)13-24(4)5/h12-13,15,23H,7-11,14H2,1-6H3/b16-12+,17-13+,19-18+. The Labute approximate surface area is 179 Å². The first-order valence-corrected chi connectivity index (χ1v) is 10.4. The van der Waals surface area contributed by atoms with Gasteiger partial charge in [-0.15, -0.1) is 0 Å². The molecule has 8 nitrogen and oxygen atoms in total. The van der Waals surface area contributed by atoms with Gasteiger partial charge in [-0.25, -0.2) is 4.79 Å². The monoisotopic (exact) mass is 418 g/mol. The first-order chi connectivity index (χ1) is 14.3. The molecule has 1 heterocycles. The van der Waals surface area contributed by atoms with Crippen LogP contribution in [0, 0.1) is 0 Å². The molecule has 0 aromatic rings. The minimum absolute atomic E-state index is 0.0701. The van der Waals surface area contributed by atoms with Gasteiger partial charge >= 0.3 is 6.03 Å². The van der Waals surface area contributed by atoms with Crippen molar-refractivity contribution in [2.45, 2.75) is 45.6 Å². The maximum atomic E-state index is 13.5. The van der Waals surface area contributed by atoms with Crippen molar-refractivity contribution in [1.29, 1.82) is 0 Å². The van der Waals surface area contributed by atoms with Gasteiger partial charge in [0.2, 0.25) is 0 Å². The Bertz CT molecular complexity index is 782. The summed E-state index contributed by atoms with van der Waals surface area (Å²) in [5.41, 5.74) is 2.52. The maximum absolute atomic E-state index is 13.5. The van der Waals surface area contributed by atoms with E-state index in [9.17, 15) is 14.4 Å². The molecule has 8 heteroatoms. The van der Waals surface area contributed by atoms with Crippen LogP contribution in [0.25, 0.3) is 0 Å². The van der Waals surface area contributed by atoms with Crippen molar-refractivity contribution in [3.8, 4) is 0 Å². The lowest BCUT2D eigenvalue weighted by molar-refractivity contribution is -0.137. The van der Waals surface area contributed by atoms with Crippen molar-refractivity contribution in [2.24, 2.45) is 0 Å². The largest absolute Gasteiger partial charge is 0.394 e. The van der Waals surface area contributed by atoms with Gasteiger partial charge in [-0.2, -0.15) is 0 Å². The molecule has 166 valence electrons. The van der Waals surface area contributed by atoms with Gasteiger partial charge < -0.3 is 15.0 Å². The van der Waals surface area contributed by atoms with E-state index in [0.717, 1.165) is 30.4 Å². The normalized spacial score (nSPS) is 23.7. The summed E-state index contributed by atoms with van der Waals surface area (Å²) in [6.45, 7) is 4.24. The fraction of sp³-hybridized carbons (Fsp3) is 0.591. The van der Waals surface area contributed by atoms with Crippen molar-refractivity contribution in [2.75, 3.05) is 41.4 Å². The van der Waals surface area contributed by atoms with Crippen LogP contribution in [0.3, 0.4) is 0 Å². The topological polar surface area (TPSA) is 82.2 Å². The van der Waals surface area contributed by atoms with Crippen LogP contribution in [0.5, 0.6) is 0 Å². The Morgan fingerprint density at radius 3 is 2.37 bits per heavy atom. The number of rotatable bonds is 8. The summed E-state index contributed by atoms with van der Waals surface area (Å²) in [6, 6.07) is -1.05. The van der Waals surface area contributed by atoms with Gasteiger partial charge in [0.15, 0.2) is 0 Å². The Kier molecular flexibility index (Phi) is 8.23. The van der Waals surface area contributed by atoms with Crippen molar-refractivity contribution in [3.05, 3.63) is 34.7 Å². The number of allylic oxidation sites excluding steroid dienone is 3. The lowest BCUT2D eigenvalue weighted by Gasteiger charge is -2.37. The minimum Gasteiger partial charge on any atom is -0.394 e. The van der Waals surface area contributed by atoms with Crippen LogP contribution < -0.4 is 5.32 Å². The van der Waals surface area contributed by atoms with Crippen molar-refractivity contribution < 1.29 is 19.1 Å².